The molecule has 10 heteroatoms. The Balaban J connectivity index is -0.000000000447. The summed E-state index contributed by atoms with van der Waals surface area (Å²) in [7, 11) is 0. The van der Waals surface area contributed by atoms with Crippen LogP contribution in [0.4, 0.5) is 0 Å². The lowest BCUT2D eigenvalue weighted by Gasteiger charge is -0.827. The lowest BCUT2D eigenvalue weighted by Crippen LogP contribution is -0.649. The minimum Gasteiger partial charge on any atom is -0.154 e. The lowest BCUT2D eigenvalue weighted by atomic mass is 12.0. The highest BCUT2D eigenvalue weighted by atomic mass is 16.2. The molecule has 5 N–H and O–H groups in total. The third kappa shape index (κ3) is 23300. The Morgan fingerprint density at radius 3 is 0.140 bits per heavy atom. The molecule has 380 valence electrons. The molecule has 0 saturated carbocycles. The van der Waals surface area contributed by atoms with Gasteiger partial charge < -0.3 is 0 Å². The van der Waals surface area contributed by atoms with E-state index in [4.69, 9.17) is 31.6 Å². The minimum atomic E-state index is 0. The van der Waals surface area contributed by atoms with Crippen LogP contribution in [0, 0.1) is 52.5 Å². The van der Waals surface area contributed by atoms with Crippen LogP contribution < -0.4 is 0 Å². The maximum Gasteiger partial charge on any atom is 0.239 e. The predicted octanol–water partition coefficient (Wildman–Crippen LogP) is 27.1. The van der Waals surface area contributed by atoms with E-state index in [1.807, 2.05) is 0 Å². The first-order valence-electron chi connectivity index (χ1n) is 3.15. The molecule has 0 bridgehead atoms. The Morgan fingerprint density at radius 1 is 0.140 bits per heavy atom. The molecule has 0 unspecified atom stereocenters. The Hall–Kier alpha value is -2.00. The zero-order valence-corrected chi connectivity index (χ0v) is 4.28. The van der Waals surface area contributed by atoms with Gasteiger partial charge in [-0.05, 0) is 0 Å². The Kier molecular flexibility index (Phi) is 824000. The molecular weight excluding hydrogens is 630 g/mol. The number of hydrogen-bond donors (Lipinski definition) is 5. The molecule has 0 saturated heterocycles. The maximum absolute atomic E-state index is 8.22. The fraction of sp³-hybridized carbons (Fsp3) is 1.00. The quantitative estimate of drug-likeness (QED) is 0.151. The van der Waals surface area contributed by atoms with Crippen LogP contribution in [0.25, 0.3) is 0 Å². The Morgan fingerprint density at radius 2 is 0.140 bits per heavy atom. The van der Waals surface area contributed by atoms with Crippen molar-refractivity contribution in [2.45, 2.75) is 297 Å². The minimum absolute atomic E-state index is 0. The topological polar surface area (TPSA) is 205 Å². The van der Waals surface area contributed by atoms with Crippen molar-refractivity contribution in [3.05, 3.63) is 24.5 Å². The summed E-state index contributed by atoms with van der Waals surface area (Å²) >= 11 is 0. The van der Waals surface area contributed by atoms with E-state index in [-0.39, 0.29) is 297 Å². The number of nitrogens with one attached hydrogen (secondary N) is 5. The third-order valence-electron chi connectivity index (χ3n) is 0. The molecule has 0 aliphatic carbocycles. The highest BCUT2D eigenvalue weighted by Gasteiger charge is 0.597. The van der Waals surface area contributed by atoms with Crippen molar-refractivity contribution < 1.29 is 7.06 Å². The first-order chi connectivity index (χ1) is 7.07. The van der Waals surface area contributed by atoms with E-state index in [0.29, 0.717) is 0 Å². The average molecular weight is 802 g/mol. The largest absolute Gasteiger partial charge is 0.239 e. The summed E-state index contributed by atoms with van der Waals surface area (Å²) in [5.74, 6) is 0. The SMILES string of the molecule is C.C.C.C.C.C.C.C.C.C.C.C.C.C.C.C.C.C.C.C.C.C.C.C.C.C.C.C.C.C.C.C.C.C.C.C.C.C.C.C.[2H]N=O.[2H]N=O.[2H]N=O.[2H]N=O.[2H]N=O. The van der Waals surface area contributed by atoms with Crippen molar-refractivity contribution in [2.75, 3.05) is 0 Å². The molecule has 0 heterocycles. The second kappa shape index (κ2) is 24900. The fourth-order valence-corrected chi connectivity index (χ4v) is 0. The van der Waals surface area contributed by atoms with E-state index < -0.39 is 0 Å². The maximum atomic E-state index is 8.22. The van der Waals surface area contributed by atoms with Crippen LogP contribution in [0.15, 0.2) is 0 Å². The van der Waals surface area contributed by atoms with Gasteiger partial charge in [-0.1, -0.05) is 325 Å². The average Bonchev–Trinajstić information content (AvgIpc) is 2.09. The van der Waals surface area contributed by atoms with Gasteiger partial charge in [0.15, 0.2) is 0 Å². The van der Waals surface area contributed by atoms with Gasteiger partial charge in [0.25, 0.3) is 0 Å². The Labute approximate surface area is 356 Å². The van der Waals surface area contributed by atoms with E-state index in [0.717, 1.165) is 0 Å². The number of nitroso groups, excluding NO2 is 5. The predicted molar refractivity (Wildman–Crippen MR) is 300 cm³/mol. The smallest absolute Gasteiger partial charge is 0.154 e. The fourth-order valence-electron chi connectivity index (χ4n) is 0. The summed E-state index contributed by atoms with van der Waals surface area (Å²) in [6, 6.07) is 0. The van der Waals surface area contributed by atoms with Crippen molar-refractivity contribution in [2.24, 2.45) is 0 Å². The van der Waals surface area contributed by atoms with Gasteiger partial charge in [0, 0.05) is 0 Å². The molecule has 0 radical (unpaired) electrons. The highest BCUT2D eigenvalue weighted by Crippen LogP contribution is 0.775. The molecular formula is C40H165N5O5. The van der Waals surface area contributed by atoms with Crippen molar-refractivity contribution in [3.8, 4) is 0 Å². The van der Waals surface area contributed by atoms with Gasteiger partial charge in [-0.25, -0.2) is 0 Å². The number of rotatable bonds is 0. The van der Waals surface area contributed by atoms with Crippen molar-refractivity contribution in [3.63, 3.8) is 0 Å². The molecule has 0 fully saturated rings. The molecule has 0 aliphatic rings. The molecule has 10 nitrogen and oxygen atoms in total. The van der Waals surface area contributed by atoms with Crippen LogP contribution in [0.3, 0.4) is 0 Å². The van der Waals surface area contributed by atoms with Crippen LogP contribution in [-0.4, -0.2) is 0 Å². The summed E-state index contributed by atoms with van der Waals surface area (Å²) in [4.78, 5) is 41.1. The summed E-state index contributed by atoms with van der Waals surface area (Å²) in [5.41, 5.74) is 7.50. The van der Waals surface area contributed by atoms with E-state index >= 15 is 0 Å². The van der Waals surface area contributed by atoms with Crippen LogP contribution in [0.2, 0.25) is 7.06 Å². The van der Waals surface area contributed by atoms with Crippen LogP contribution in [0.5, 0.6) is 0 Å². The van der Waals surface area contributed by atoms with Crippen LogP contribution in [0.1, 0.15) is 297 Å². The first kappa shape index (κ1) is 1660. The monoisotopic (exact) mass is 801 g/mol. The van der Waals surface area contributed by atoms with Crippen molar-refractivity contribution in [1.82, 2.24) is 0 Å². The van der Waals surface area contributed by atoms with Gasteiger partial charge in [-0.15, -0.1) is 0 Å². The van der Waals surface area contributed by atoms with Crippen LogP contribution in [-0.2, 0) is 0 Å². The number of hydrogen-bond acceptors (Lipinski definition) is 10. The molecule has 0 aromatic carbocycles. The van der Waals surface area contributed by atoms with Crippen LogP contribution >= 0.6 is 0 Å². The van der Waals surface area contributed by atoms with Gasteiger partial charge in [-0.2, -0.15) is 24.5 Å². The summed E-state index contributed by atoms with van der Waals surface area (Å²) < 4.78 is 26.4. The van der Waals surface area contributed by atoms with Gasteiger partial charge >= 0.3 is 0 Å². The van der Waals surface area contributed by atoms with E-state index in [2.05, 4.69) is 0 Å². The highest BCUT2D eigenvalue weighted by molar-refractivity contribution is 3.64. The molecule has 0 aromatic heterocycles. The van der Waals surface area contributed by atoms with Gasteiger partial charge in [0.2, 0.25) is 7.06 Å². The third-order valence-corrected chi connectivity index (χ3v) is 0. The second-order valence-corrected chi connectivity index (χ2v) is 0. The first-order valence-corrected chi connectivity index (χ1v) is 0.913. The molecule has 0 aliphatic heterocycles. The van der Waals surface area contributed by atoms with E-state index in [1.165, 1.54) is 27.9 Å². The normalized spacial score (nSPS) is 1.40. The van der Waals surface area contributed by atoms with E-state index in [1.54, 1.807) is 0 Å². The van der Waals surface area contributed by atoms with Gasteiger partial charge in [0.1, 0.15) is 0 Å². The Bertz CT molecular complexity index is 143. The molecule has 0 rings (SSSR count). The zero-order chi connectivity index (χ0) is 13.5. The summed E-state index contributed by atoms with van der Waals surface area (Å²) in [5, 5.41) is 0. The van der Waals surface area contributed by atoms with E-state index in [9.17, 15) is 0 Å². The lowest BCUT2D eigenvalue weighted by molar-refractivity contribution is 1.49. The van der Waals surface area contributed by atoms with Crippen molar-refractivity contribution in [1.29, 1.82) is 27.9 Å². The molecule has 0 amide bonds. The summed E-state index contributed by atoms with van der Waals surface area (Å²) in [6.07, 6.45) is 0. The molecule has 0 aromatic rings. The van der Waals surface area contributed by atoms with Gasteiger partial charge in [-0.3, -0.25) is 0 Å². The summed E-state index contributed by atoms with van der Waals surface area (Å²) in [6.45, 7) is 0. The molecule has 0 spiro atoms. The zero-order valence-electron chi connectivity index (χ0n) is 9.28. The second-order valence-electron chi connectivity index (χ2n) is 0. The molecule has 0 atom stereocenters. The van der Waals surface area contributed by atoms with Gasteiger partial charge in [0.05, 0.1) is 0 Å². The molecule has 50 heavy (non-hydrogen) atoms. The van der Waals surface area contributed by atoms with Crippen molar-refractivity contribution >= 4 is 0 Å². The standard InChI is InChI=1S/40CH4.5HNO/c;;;;;;;;;;;;;;;;;;;;;;;;;;;;;;;;;;;;;;;;5*1-2/h40*1H4;5*1H/i;;;;;;;;;;;;;;;;;;;;;;;;;;;;;;;;;;;;;;;;5*1D.